The van der Waals surface area contributed by atoms with Gasteiger partial charge in [0.05, 0.1) is 7.11 Å². The van der Waals surface area contributed by atoms with E-state index < -0.39 is 0 Å². The minimum atomic E-state index is 0.672. The Kier molecular flexibility index (Phi) is 5.29. The molecule has 1 heterocycles. The van der Waals surface area contributed by atoms with Crippen molar-refractivity contribution in [1.82, 2.24) is 14.9 Å². The largest absolute Gasteiger partial charge is 0.497 e. The van der Waals surface area contributed by atoms with Crippen LogP contribution in [0.15, 0.2) is 29.4 Å². The van der Waals surface area contributed by atoms with E-state index in [2.05, 4.69) is 17.1 Å². The van der Waals surface area contributed by atoms with E-state index in [9.17, 15) is 0 Å². The molecule has 0 fully saturated rings. The molecular weight excluding hydrogens is 272 g/mol. The number of benzene rings is 1. The highest BCUT2D eigenvalue weighted by molar-refractivity contribution is 7.99. The van der Waals surface area contributed by atoms with Crippen LogP contribution in [0, 0.1) is 0 Å². The van der Waals surface area contributed by atoms with Gasteiger partial charge in [-0.05, 0) is 30.7 Å². The summed E-state index contributed by atoms with van der Waals surface area (Å²) in [6.07, 6.45) is 3.62. The Morgan fingerprint density at radius 3 is 2.60 bits per heavy atom. The Bertz CT molecular complexity index is 539. The molecular formula is C14H20N4OS. The Balaban J connectivity index is 2.07. The van der Waals surface area contributed by atoms with Gasteiger partial charge in [-0.1, -0.05) is 31.5 Å². The lowest BCUT2D eigenvalue weighted by Gasteiger charge is -2.04. The maximum absolute atomic E-state index is 6.06. The molecule has 5 nitrogen and oxygen atoms in total. The first-order valence-corrected chi connectivity index (χ1v) is 7.72. The molecule has 0 unspecified atom stereocenters. The number of nitrogens with two attached hydrogens (primary N) is 1. The zero-order chi connectivity index (χ0) is 14.4. The third-order valence-electron chi connectivity index (χ3n) is 2.99. The normalized spacial score (nSPS) is 10.7. The lowest BCUT2D eigenvalue weighted by molar-refractivity contribution is 0.415. The molecule has 0 aliphatic carbocycles. The molecule has 6 heteroatoms. The standard InChI is InChI=1S/C14H20N4OS/c1-3-4-5-10-20-14-17-16-13(18(14)15)11-6-8-12(19-2)9-7-11/h6-9H,3-5,10,15H2,1-2H3. The van der Waals surface area contributed by atoms with Crippen molar-refractivity contribution < 1.29 is 4.74 Å². The molecule has 2 rings (SSSR count). The third-order valence-corrected chi connectivity index (χ3v) is 4.02. The summed E-state index contributed by atoms with van der Waals surface area (Å²) in [6.45, 7) is 2.19. The van der Waals surface area contributed by atoms with E-state index in [1.807, 2.05) is 24.3 Å². The first kappa shape index (κ1) is 14.7. The summed E-state index contributed by atoms with van der Waals surface area (Å²) in [4.78, 5) is 0. The van der Waals surface area contributed by atoms with Crippen LogP contribution in [0.5, 0.6) is 5.75 Å². The van der Waals surface area contributed by atoms with Crippen LogP contribution in [-0.4, -0.2) is 27.7 Å². The summed E-state index contributed by atoms with van der Waals surface area (Å²) < 4.78 is 6.69. The predicted octanol–water partition coefficient (Wildman–Crippen LogP) is 2.95. The van der Waals surface area contributed by atoms with Gasteiger partial charge in [0.25, 0.3) is 0 Å². The van der Waals surface area contributed by atoms with Crippen LogP contribution >= 0.6 is 11.8 Å². The first-order valence-electron chi connectivity index (χ1n) is 6.74. The molecule has 0 amide bonds. The van der Waals surface area contributed by atoms with Gasteiger partial charge in [-0.25, -0.2) is 4.68 Å². The average molecular weight is 292 g/mol. The maximum atomic E-state index is 6.06. The van der Waals surface area contributed by atoms with Crippen molar-refractivity contribution in [2.75, 3.05) is 18.7 Å². The summed E-state index contributed by atoms with van der Waals surface area (Å²) >= 11 is 1.65. The second-order valence-corrected chi connectivity index (χ2v) is 5.52. The van der Waals surface area contributed by atoms with E-state index in [-0.39, 0.29) is 0 Å². The highest BCUT2D eigenvalue weighted by Gasteiger charge is 2.11. The van der Waals surface area contributed by atoms with E-state index in [0.717, 1.165) is 22.2 Å². The van der Waals surface area contributed by atoms with Crippen LogP contribution in [0.3, 0.4) is 0 Å². The summed E-state index contributed by atoms with van der Waals surface area (Å²) in [6, 6.07) is 7.63. The van der Waals surface area contributed by atoms with Crippen LogP contribution < -0.4 is 10.6 Å². The highest BCUT2D eigenvalue weighted by Crippen LogP contribution is 2.24. The van der Waals surface area contributed by atoms with E-state index in [1.165, 1.54) is 19.3 Å². The number of ether oxygens (including phenoxy) is 1. The van der Waals surface area contributed by atoms with Gasteiger partial charge in [-0.15, -0.1) is 10.2 Å². The molecule has 0 atom stereocenters. The molecule has 0 bridgehead atoms. The fourth-order valence-electron chi connectivity index (χ4n) is 1.83. The summed E-state index contributed by atoms with van der Waals surface area (Å²) in [5.41, 5.74) is 0.932. The van der Waals surface area contributed by atoms with Gasteiger partial charge in [0.15, 0.2) is 5.82 Å². The minimum Gasteiger partial charge on any atom is -0.497 e. The average Bonchev–Trinajstić information content (AvgIpc) is 2.85. The van der Waals surface area contributed by atoms with Crippen molar-refractivity contribution in [2.24, 2.45) is 0 Å². The lowest BCUT2D eigenvalue weighted by atomic mass is 10.2. The summed E-state index contributed by atoms with van der Waals surface area (Å²) in [5.74, 6) is 8.56. The Morgan fingerprint density at radius 1 is 1.20 bits per heavy atom. The van der Waals surface area contributed by atoms with Crippen LogP contribution in [0.1, 0.15) is 26.2 Å². The van der Waals surface area contributed by atoms with Gasteiger partial charge >= 0.3 is 0 Å². The Labute approximate surface area is 123 Å². The number of hydrogen-bond donors (Lipinski definition) is 1. The van der Waals surface area contributed by atoms with Gasteiger partial charge in [0.1, 0.15) is 5.75 Å². The summed E-state index contributed by atoms with van der Waals surface area (Å²) in [5, 5.41) is 9.08. The van der Waals surface area contributed by atoms with Gasteiger partial charge in [0.2, 0.25) is 5.16 Å². The molecule has 2 aromatic rings. The van der Waals surface area contributed by atoms with E-state index in [1.54, 1.807) is 23.5 Å². The van der Waals surface area contributed by atoms with Gasteiger partial charge in [-0.2, -0.15) is 0 Å². The monoisotopic (exact) mass is 292 g/mol. The molecule has 1 aromatic heterocycles. The van der Waals surface area contributed by atoms with Crippen molar-refractivity contribution in [2.45, 2.75) is 31.3 Å². The van der Waals surface area contributed by atoms with Crippen LogP contribution in [0.4, 0.5) is 0 Å². The van der Waals surface area contributed by atoms with Gasteiger partial charge in [-0.3, -0.25) is 0 Å². The van der Waals surface area contributed by atoms with Crippen molar-refractivity contribution in [3.63, 3.8) is 0 Å². The number of thioether (sulfide) groups is 1. The highest BCUT2D eigenvalue weighted by atomic mass is 32.2. The minimum absolute atomic E-state index is 0.672. The van der Waals surface area contributed by atoms with Crippen molar-refractivity contribution >= 4 is 11.8 Å². The number of aromatic nitrogens is 3. The smallest absolute Gasteiger partial charge is 0.210 e. The van der Waals surface area contributed by atoms with Crippen molar-refractivity contribution in [3.05, 3.63) is 24.3 Å². The topological polar surface area (TPSA) is 66.0 Å². The quantitative estimate of drug-likeness (QED) is 0.483. The molecule has 0 aliphatic heterocycles. The second-order valence-electron chi connectivity index (χ2n) is 4.46. The van der Waals surface area contributed by atoms with Gasteiger partial charge in [0, 0.05) is 11.3 Å². The molecule has 0 spiro atoms. The number of unbranched alkanes of at least 4 members (excludes halogenated alkanes) is 2. The molecule has 20 heavy (non-hydrogen) atoms. The molecule has 2 N–H and O–H groups in total. The number of nitrogens with zero attached hydrogens (tertiary/aromatic N) is 3. The predicted molar refractivity (Wildman–Crippen MR) is 82.4 cm³/mol. The van der Waals surface area contributed by atoms with Crippen molar-refractivity contribution in [3.8, 4) is 17.1 Å². The number of methoxy groups -OCH3 is 1. The van der Waals surface area contributed by atoms with E-state index >= 15 is 0 Å². The Hall–Kier alpha value is -1.69. The first-order chi connectivity index (χ1) is 9.76. The molecule has 108 valence electrons. The summed E-state index contributed by atoms with van der Waals surface area (Å²) in [7, 11) is 1.64. The zero-order valence-electron chi connectivity index (χ0n) is 11.9. The third kappa shape index (κ3) is 3.45. The molecule has 0 saturated heterocycles. The fraction of sp³-hybridized carbons (Fsp3) is 0.429. The van der Waals surface area contributed by atoms with Crippen LogP contribution in [-0.2, 0) is 0 Å². The number of nitrogen functional groups attached to an aromatic ring is 1. The molecule has 1 aromatic carbocycles. The van der Waals surface area contributed by atoms with Crippen molar-refractivity contribution in [1.29, 1.82) is 0 Å². The molecule has 0 saturated carbocycles. The molecule has 0 aliphatic rings. The maximum Gasteiger partial charge on any atom is 0.210 e. The lowest BCUT2D eigenvalue weighted by Crippen LogP contribution is -2.11. The van der Waals surface area contributed by atoms with Crippen LogP contribution in [0.2, 0.25) is 0 Å². The Morgan fingerprint density at radius 2 is 1.95 bits per heavy atom. The fourth-order valence-corrected chi connectivity index (χ4v) is 2.68. The van der Waals surface area contributed by atoms with E-state index in [0.29, 0.717) is 5.82 Å². The SMILES string of the molecule is CCCCCSc1nnc(-c2ccc(OC)cc2)n1N. The van der Waals surface area contributed by atoms with Gasteiger partial charge < -0.3 is 10.6 Å². The molecule has 0 radical (unpaired) electrons. The second kappa shape index (κ2) is 7.19. The zero-order valence-corrected chi connectivity index (χ0v) is 12.7. The number of hydrogen-bond acceptors (Lipinski definition) is 5. The van der Waals surface area contributed by atoms with Crippen LogP contribution in [0.25, 0.3) is 11.4 Å². The number of rotatable bonds is 7. The van der Waals surface area contributed by atoms with E-state index in [4.69, 9.17) is 10.6 Å².